The fourth-order valence-electron chi connectivity index (χ4n) is 3.71. The lowest BCUT2D eigenvalue weighted by Gasteiger charge is -2.20. The minimum absolute atomic E-state index is 0.326. The Hall–Kier alpha value is -4.00. The summed E-state index contributed by atoms with van der Waals surface area (Å²) in [7, 11) is 0. The van der Waals surface area contributed by atoms with Crippen LogP contribution in [0.4, 0.5) is 15.8 Å². The van der Waals surface area contributed by atoms with Gasteiger partial charge in [-0.2, -0.15) is 20.7 Å². The molecule has 0 saturated heterocycles. The van der Waals surface area contributed by atoms with Gasteiger partial charge in [-0.3, -0.25) is 4.98 Å². The van der Waals surface area contributed by atoms with Gasteiger partial charge in [0.1, 0.15) is 17.6 Å². The first-order chi connectivity index (χ1) is 16.6. The smallest absolute Gasteiger partial charge is 0.123 e. The molecule has 10 heteroatoms. The summed E-state index contributed by atoms with van der Waals surface area (Å²) in [5.74, 6) is -0.326. The van der Waals surface area contributed by atoms with E-state index < -0.39 is 6.04 Å². The second-order valence-electron chi connectivity index (χ2n) is 7.47. The summed E-state index contributed by atoms with van der Waals surface area (Å²) in [6.45, 7) is 0.567. The number of halogens is 2. The van der Waals surface area contributed by atoms with Crippen LogP contribution in [0.5, 0.6) is 0 Å². The van der Waals surface area contributed by atoms with Gasteiger partial charge in [0.2, 0.25) is 0 Å². The highest BCUT2D eigenvalue weighted by atomic mass is 35.5. The second kappa shape index (κ2) is 9.47. The highest BCUT2D eigenvalue weighted by Crippen LogP contribution is 2.35. The van der Waals surface area contributed by atoms with E-state index in [9.17, 15) is 9.65 Å². The first-order valence-corrected chi connectivity index (χ1v) is 11.5. The van der Waals surface area contributed by atoms with Crippen molar-refractivity contribution in [1.82, 2.24) is 20.4 Å². The molecule has 0 aliphatic rings. The molecule has 0 radical (unpaired) electrons. The topological polar surface area (TPSA) is 102 Å². The number of thiophene rings is 1. The Kier molecular flexibility index (Phi) is 6.08. The van der Waals surface area contributed by atoms with E-state index in [2.05, 4.69) is 37.1 Å². The molecule has 168 valence electrons. The summed E-state index contributed by atoms with van der Waals surface area (Å²) in [4.78, 5) is 5.54. The zero-order chi connectivity index (χ0) is 23.5. The van der Waals surface area contributed by atoms with E-state index >= 15 is 0 Å². The molecule has 0 spiro atoms. The maximum atomic E-state index is 13.5. The van der Waals surface area contributed by atoms with Gasteiger partial charge < -0.3 is 10.6 Å². The highest BCUT2D eigenvalue weighted by Gasteiger charge is 2.19. The van der Waals surface area contributed by atoms with E-state index in [0.717, 1.165) is 10.4 Å². The number of rotatable bonds is 7. The molecular formula is C24H17ClFN7S. The predicted molar refractivity (Wildman–Crippen MR) is 131 cm³/mol. The molecule has 34 heavy (non-hydrogen) atoms. The minimum Gasteiger partial charge on any atom is -0.378 e. The average molecular weight is 490 g/mol. The first-order valence-electron chi connectivity index (χ1n) is 10.3. The van der Waals surface area contributed by atoms with Crippen molar-refractivity contribution >= 4 is 45.2 Å². The molecule has 7 nitrogen and oxygen atoms in total. The van der Waals surface area contributed by atoms with Crippen molar-refractivity contribution in [3.8, 4) is 6.07 Å². The molecule has 3 heterocycles. The van der Waals surface area contributed by atoms with Crippen LogP contribution in [0.15, 0.2) is 66.3 Å². The lowest BCUT2D eigenvalue weighted by molar-refractivity contribution is 0.626. The zero-order valence-electron chi connectivity index (χ0n) is 17.6. The molecule has 0 fully saturated rings. The van der Waals surface area contributed by atoms with Crippen LogP contribution < -0.4 is 10.6 Å². The van der Waals surface area contributed by atoms with E-state index in [-0.39, 0.29) is 5.82 Å². The van der Waals surface area contributed by atoms with Crippen LogP contribution in [0, 0.1) is 17.1 Å². The van der Waals surface area contributed by atoms with E-state index in [1.165, 1.54) is 18.3 Å². The number of aromatic amines is 1. The fourth-order valence-corrected chi connectivity index (χ4v) is 4.62. The number of anilines is 2. The molecule has 2 aromatic carbocycles. The molecule has 0 aliphatic carbocycles. The van der Waals surface area contributed by atoms with Gasteiger partial charge in [0.05, 0.1) is 34.0 Å². The van der Waals surface area contributed by atoms with E-state index in [0.29, 0.717) is 45.1 Å². The van der Waals surface area contributed by atoms with Crippen LogP contribution in [-0.2, 0) is 6.54 Å². The van der Waals surface area contributed by atoms with E-state index in [1.807, 2.05) is 23.6 Å². The standard InChI is InChI=1S/C24H17ClFN7S/c25-20-9-17(31-23(21-13-30-33-32-21)14-3-5-16(26)6-4-14)8-19-22(15(10-27)11-28-24(19)20)29-12-18-2-1-7-34-18/h1-9,11,13,23,31H,12H2,(H,28,29)(H,30,32,33). The van der Waals surface area contributed by atoms with Crippen LogP contribution in [0.1, 0.15) is 27.7 Å². The molecule has 5 rings (SSSR count). The Labute approximate surface area is 203 Å². The van der Waals surface area contributed by atoms with Gasteiger partial charge in [-0.15, -0.1) is 11.3 Å². The number of nitriles is 1. The Bertz CT molecular complexity index is 1460. The molecule has 3 N–H and O–H groups in total. The summed E-state index contributed by atoms with van der Waals surface area (Å²) >= 11 is 8.24. The first kappa shape index (κ1) is 21.8. The average Bonchev–Trinajstić information content (AvgIpc) is 3.56. The van der Waals surface area contributed by atoms with Crippen LogP contribution in [0.3, 0.4) is 0 Å². The fraction of sp³-hybridized carbons (Fsp3) is 0.0833. The quantitative estimate of drug-likeness (QED) is 0.263. The van der Waals surface area contributed by atoms with Gasteiger partial charge in [0, 0.05) is 28.7 Å². The molecule has 0 aliphatic heterocycles. The number of benzene rings is 2. The van der Waals surface area contributed by atoms with E-state index in [1.54, 1.807) is 35.7 Å². The number of nitrogens with zero attached hydrogens (tertiary/aromatic N) is 4. The Morgan fingerprint density at radius 2 is 2.03 bits per heavy atom. The number of nitrogens with one attached hydrogen (secondary N) is 3. The van der Waals surface area contributed by atoms with Crippen molar-refractivity contribution in [1.29, 1.82) is 5.26 Å². The maximum Gasteiger partial charge on any atom is 0.123 e. The number of pyridine rings is 1. The third-order valence-electron chi connectivity index (χ3n) is 5.31. The second-order valence-corrected chi connectivity index (χ2v) is 8.91. The molecule has 1 unspecified atom stereocenters. The largest absolute Gasteiger partial charge is 0.378 e. The molecule has 3 aromatic heterocycles. The SMILES string of the molecule is N#Cc1cnc2c(Cl)cc(NC(c3ccc(F)cc3)c3cn[nH]n3)cc2c1NCc1cccs1. The minimum atomic E-state index is -0.414. The molecule has 5 aromatic rings. The Balaban J connectivity index is 1.57. The predicted octanol–water partition coefficient (Wildman–Crippen LogP) is 5.89. The van der Waals surface area contributed by atoms with Crippen LogP contribution in [0.25, 0.3) is 10.9 Å². The number of hydrogen-bond acceptors (Lipinski definition) is 7. The summed E-state index contributed by atoms with van der Waals surface area (Å²) in [6.07, 6.45) is 3.13. The highest BCUT2D eigenvalue weighted by molar-refractivity contribution is 7.09. The van der Waals surface area contributed by atoms with Gasteiger partial charge in [-0.05, 0) is 41.3 Å². The lowest BCUT2D eigenvalue weighted by atomic mass is 10.0. The van der Waals surface area contributed by atoms with Gasteiger partial charge >= 0.3 is 0 Å². The van der Waals surface area contributed by atoms with Crippen LogP contribution in [0.2, 0.25) is 5.02 Å². The third kappa shape index (κ3) is 4.41. The number of fused-ring (bicyclic) bond motifs is 1. The maximum absolute atomic E-state index is 13.5. The molecule has 0 bridgehead atoms. The monoisotopic (exact) mass is 489 g/mol. The van der Waals surface area contributed by atoms with Gasteiger partial charge in [-0.1, -0.05) is 29.8 Å². The number of hydrogen-bond donors (Lipinski definition) is 3. The third-order valence-corrected chi connectivity index (χ3v) is 6.47. The summed E-state index contributed by atoms with van der Waals surface area (Å²) in [6, 6.07) is 15.6. The van der Waals surface area contributed by atoms with Crippen molar-refractivity contribution in [3.63, 3.8) is 0 Å². The summed E-state index contributed by atoms with van der Waals surface area (Å²) in [5.41, 5.74) is 3.77. The van der Waals surface area contributed by atoms with Crippen LogP contribution in [-0.4, -0.2) is 20.4 Å². The van der Waals surface area contributed by atoms with Crippen molar-refractivity contribution in [2.75, 3.05) is 10.6 Å². The normalized spacial score (nSPS) is 11.8. The van der Waals surface area contributed by atoms with Gasteiger partial charge in [0.15, 0.2) is 0 Å². The Morgan fingerprint density at radius 1 is 1.18 bits per heavy atom. The Morgan fingerprint density at radius 3 is 2.74 bits per heavy atom. The van der Waals surface area contributed by atoms with Gasteiger partial charge in [0.25, 0.3) is 0 Å². The van der Waals surface area contributed by atoms with Gasteiger partial charge in [-0.25, -0.2) is 4.39 Å². The van der Waals surface area contributed by atoms with Crippen molar-refractivity contribution < 1.29 is 4.39 Å². The summed E-state index contributed by atoms with van der Waals surface area (Å²) < 4.78 is 13.5. The molecular weight excluding hydrogens is 473 g/mol. The van der Waals surface area contributed by atoms with E-state index in [4.69, 9.17) is 11.6 Å². The molecule has 0 amide bonds. The van der Waals surface area contributed by atoms with Crippen molar-refractivity contribution in [2.24, 2.45) is 0 Å². The lowest BCUT2D eigenvalue weighted by Crippen LogP contribution is -2.13. The molecule has 0 saturated carbocycles. The van der Waals surface area contributed by atoms with Crippen LogP contribution >= 0.6 is 22.9 Å². The zero-order valence-corrected chi connectivity index (χ0v) is 19.2. The number of aromatic nitrogens is 4. The molecule has 1 atom stereocenters. The summed E-state index contributed by atoms with van der Waals surface area (Å²) in [5, 5.41) is 30.4. The van der Waals surface area contributed by atoms with Crippen molar-refractivity contribution in [3.05, 3.63) is 98.8 Å². The van der Waals surface area contributed by atoms with Crippen molar-refractivity contribution in [2.45, 2.75) is 12.6 Å². The number of H-pyrrole nitrogens is 1.